The molecule has 1 aromatic heterocycles. The summed E-state index contributed by atoms with van der Waals surface area (Å²) in [6.07, 6.45) is 4.12. The normalized spacial score (nSPS) is 18.2. The minimum Gasteiger partial charge on any atom is -0.495 e. The first kappa shape index (κ1) is 25.4. The maximum absolute atomic E-state index is 14.0. The van der Waals surface area contributed by atoms with Crippen LogP contribution in [0.25, 0.3) is 11.8 Å². The van der Waals surface area contributed by atoms with E-state index in [0.717, 1.165) is 23.5 Å². The summed E-state index contributed by atoms with van der Waals surface area (Å²) >= 11 is 0. The SMILES string of the molecule is COc1cc(/C=C2\OC(C)(C)CN([C@H](c3ccc(F)c(F)c3)[C@@H](C)O)C2=O)ccc1-n1cnc(C)c1. The number of aryl methyl sites for hydroxylation is 1. The van der Waals surface area contributed by atoms with Gasteiger partial charge in [-0.05, 0) is 69.2 Å². The van der Waals surface area contributed by atoms with Gasteiger partial charge in [-0.1, -0.05) is 12.1 Å². The molecule has 1 N–H and O–H groups in total. The van der Waals surface area contributed by atoms with Crippen LogP contribution in [0.15, 0.2) is 54.7 Å². The molecule has 2 heterocycles. The number of methoxy groups -OCH3 is 1. The number of carbonyl (C=O) groups excluding carboxylic acids is 1. The molecule has 1 saturated heterocycles. The van der Waals surface area contributed by atoms with Gasteiger partial charge in [0, 0.05) is 6.20 Å². The maximum atomic E-state index is 14.0. The summed E-state index contributed by atoms with van der Waals surface area (Å²) in [6.45, 7) is 7.17. The van der Waals surface area contributed by atoms with Gasteiger partial charge in [0.2, 0.25) is 0 Å². The lowest BCUT2D eigenvalue weighted by molar-refractivity contribution is -0.153. The summed E-state index contributed by atoms with van der Waals surface area (Å²) in [7, 11) is 1.56. The van der Waals surface area contributed by atoms with Crippen LogP contribution in [0.1, 0.15) is 43.6 Å². The van der Waals surface area contributed by atoms with Crippen LogP contribution >= 0.6 is 0 Å². The van der Waals surface area contributed by atoms with Crippen molar-refractivity contribution in [2.75, 3.05) is 13.7 Å². The van der Waals surface area contributed by atoms with Crippen molar-refractivity contribution < 1.29 is 28.2 Å². The van der Waals surface area contributed by atoms with Crippen molar-refractivity contribution in [3.63, 3.8) is 0 Å². The van der Waals surface area contributed by atoms with Gasteiger partial charge >= 0.3 is 0 Å². The van der Waals surface area contributed by atoms with E-state index < -0.39 is 35.3 Å². The summed E-state index contributed by atoms with van der Waals surface area (Å²) in [5.74, 6) is -1.88. The van der Waals surface area contributed by atoms with E-state index in [1.165, 1.54) is 17.9 Å². The third-order valence-electron chi connectivity index (χ3n) is 5.98. The van der Waals surface area contributed by atoms with Crippen molar-refractivity contribution in [2.24, 2.45) is 0 Å². The quantitative estimate of drug-likeness (QED) is 0.505. The van der Waals surface area contributed by atoms with Gasteiger partial charge in [-0.2, -0.15) is 0 Å². The van der Waals surface area contributed by atoms with Gasteiger partial charge < -0.3 is 24.0 Å². The predicted molar refractivity (Wildman–Crippen MR) is 130 cm³/mol. The van der Waals surface area contributed by atoms with Gasteiger partial charge in [0.15, 0.2) is 17.4 Å². The van der Waals surface area contributed by atoms with E-state index in [-0.39, 0.29) is 17.9 Å². The highest BCUT2D eigenvalue weighted by Gasteiger charge is 2.42. The van der Waals surface area contributed by atoms with Crippen molar-refractivity contribution >= 4 is 12.0 Å². The molecule has 190 valence electrons. The third-order valence-corrected chi connectivity index (χ3v) is 5.98. The largest absolute Gasteiger partial charge is 0.495 e. The van der Waals surface area contributed by atoms with Crippen LogP contribution < -0.4 is 4.74 Å². The van der Waals surface area contributed by atoms with E-state index in [1.807, 2.05) is 43.7 Å². The fourth-order valence-electron chi connectivity index (χ4n) is 4.43. The molecule has 0 unspecified atom stereocenters. The Hall–Kier alpha value is -3.72. The second-order valence-electron chi connectivity index (χ2n) is 9.52. The van der Waals surface area contributed by atoms with Gasteiger partial charge in [0.25, 0.3) is 5.91 Å². The van der Waals surface area contributed by atoms with Crippen LogP contribution in [-0.2, 0) is 9.53 Å². The van der Waals surface area contributed by atoms with Crippen LogP contribution in [0.4, 0.5) is 8.78 Å². The zero-order chi connectivity index (χ0) is 26.2. The molecule has 4 rings (SSSR count). The molecule has 1 aliphatic rings. The molecule has 0 saturated carbocycles. The Balaban J connectivity index is 1.72. The number of aliphatic hydroxyl groups excluding tert-OH is 1. The minimum absolute atomic E-state index is 0.0627. The van der Waals surface area contributed by atoms with Gasteiger partial charge in [-0.3, -0.25) is 4.79 Å². The van der Waals surface area contributed by atoms with E-state index in [9.17, 15) is 18.7 Å². The Labute approximate surface area is 208 Å². The smallest absolute Gasteiger partial charge is 0.289 e. The fourth-order valence-corrected chi connectivity index (χ4v) is 4.43. The molecule has 0 aliphatic carbocycles. The van der Waals surface area contributed by atoms with E-state index >= 15 is 0 Å². The molecule has 1 amide bonds. The van der Waals surface area contributed by atoms with Crippen molar-refractivity contribution in [2.45, 2.75) is 45.4 Å². The number of aromatic nitrogens is 2. The number of ether oxygens (including phenoxy) is 2. The number of hydrogen-bond acceptors (Lipinski definition) is 5. The van der Waals surface area contributed by atoms with Crippen molar-refractivity contribution in [1.82, 2.24) is 14.5 Å². The zero-order valence-corrected chi connectivity index (χ0v) is 20.8. The number of carbonyl (C=O) groups is 1. The Kier molecular flexibility index (Phi) is 6.86. The van der Waals surface area contributed by atoms with Crippen molar-refractivity contribution in [3.05, 3.63) is 83.1 Å². The highest BCUT2D eigenvalue weighted by Crippen LogP contribution is 2.35. The Bertz CT molecular complexity index is 1320. The minimum atomic E-state index is -1.05. The summed E-state index contributed by atoms with van der Waals surface area (Å²) < 4.78 is 41.0. The second-order valence-corrected chi connectivity index (χ2v) is 9.52. The Morgan fingerprint density at radius 3 is 2.56 bits per heavy atom. The molecular formula is C27H29F2N3O4. The van der Waals surface area contributed by atoms with Crippen molar-refractivity contribution in [3.8, 4) is 11.4 Å². The highest BCUT2D eigenvalue weighted by molar-refractivity contribution is 5.97. The number of nitrogens with zero attached hydrogens (tertiary/aromatic N) is 3. The summed E-state index contributed by atoms with van der Waals surface area (Å²) in [4.78, 5) is 19.2. The number of rotatable bonds is 6. The lowest BCUT2D eigenvalue weighted by atomic mass is 9.96. The number of aliphatic hydroxyl groups is 1. The van der Waals surface area contributed by atoms with Crippen LogP contribution in [0.2, 0.25) is 0 Å². The van der Waals surface area contributed by atoms with Crippen LogP contribution in [0, 0.1) is 18.6 Å². The number of morpholine rings is 1. The summed E-state index contributed by atoms with van der Waals surface area (Å²) in [5, 5.41) is 10.6. The monoisotopic (exact) mass is 497 g/mol. The molecule has 1 aliphatic heterocycles. The molecule has 0 spiro atoms. The lowest BCUT2D eigenvalue weighted by Crippen LogP contribution is -2.53. The molecule has 1 fully saturated rings. The van der Waals surface area contributed by atoms with Gasteiger partial charge in [0.05, 0.1) is 43.5 Å². The first-order valence-electron chi connectivity index (χ1n) is 11.5. The van der Waals surface area contributed by atoms with E-state index in [0.29, 0.717) is 11.3 Å². The Morgan fingerprint density at radius 2 is 1.94 bits per heavy atom. The zero-order valence-electron chi connectivity index (χ0n) is 20.8. The standard InChI is InChI=1S/C27H29F2N3O4/c1-16-13-31(15-30-16)22-9-6-18(10-23(22)35-5)11-24-26(34)32(14-27(3,4)36-24)25(17(2)33)19-7-8-20(28)21(29)12-19/h6-13,15,17,25,33H,14H2,1-5H3/b24-11-/t17-,25+/m1/s1. The number of amides is 1. The fraction of sp³-hybridized carbons (Fsp3) is 0.333. The Morgan fingerprint density at radius 1 is 1.19 bits per heavy atom. The maximum Gasteiger partial charge on any atom is 0.289 e. The third kappa shape index (κ3) is 5.11. The average Bonchev–Trinajstić information content (AvgIpc) is 3.24. The van der Waals surface area contributed by atoms with E-state index in [1.54, 1.807) is 25.6 Å². The molecule has 9 heteroatoms. The first-order valence-corrected chi connectivity index (χ1v) is 11.5. The van der Waals surface area contributed by atoms with Crippen LogP contribution in [0.5, 0.6) is 5.75 Å². The number of hydrogen-bond donors (Lipinski definition) is 1. The highest BCUT2D eigenvalue weighted by atomic mass is 19.2. The molecule has 3 aromatic rings. The van der Waals surface area contributed by atoms with Gasteiger partial charge in [0.1, 0.15) is 11.4 Å². The number of benzene rings is 2. The van der Waals surface area contributed by atoms with Gasteiger partial charge in [-0.15, -0.1) is 0 Å². The number of imidazole rings is 1. The first-order chi connectivity index (χ1) is 17.0. The van der Waals surface area contributed by atoms with Gasteiger partial charge in [-0.25, -0.2) is 13.8 Å². The molecule has 0 bridgehead atoms. The topological polar surface area (TPSA) is 76.8 Å². The molecular weight excluding hydrogens is 468 g/mol. The molecule has 2 aromatic carbocycles. The molecule has 7 nitrogen and oxygen atoms in total. The molecule has 2 atom stereocenters. The molecule has 0 radical (unpaired) electrons. The second kappa shape index (κ2) is 9.73. The summed E-state index contributed by atoms with van der Waals surface area (Å²) in [6, 6.07) is 7.92. The van der Waals surface area contributed by atoms with Crippen LogP contribution in [0.3, 0.4) is 0 Å². The van der Waals surface area contributed by atoms with E-state index in [4.69, 9.17) is 9.47 Å². The van der Waals surface area contributed by atoms with Crippen molar-refractivity contribution in [1.29, 1.82) is 0 Å². The average molecular weight is 498 g/mol. The molecule has 36 heavy (non-hydrogen) atoms. The lowest BCUT2D eigenvalue weighted by Gasteiger charge is -2.44. The predicted octanol–water partition coefficient (Wildman–Crippen LogP) is 4.57. The number of halogens is 2. The summed E-state index contributed by atoms with van der Waals surface area (Å²) in [5.41, 5.74) is 1.79. The van der Waals surface area contributed by atoms with Crippen LogP contribution in [-0.4, -0.2) is 50.8 Å². The van der Waals surface area contributed by atoms with E-state index in [2.05, 4.69) is 4.98 Å².